The normalized spacial score (nSPS) is 15.3. The van der Waals surface area contributed by atoms with E-state index in [9.17, 15) is 4.79 Å². The minimum Gasteiger partial charge on any atom is -0.448 e. The third kappa shape index (κ3) is 3.23. The van der Waals surface area contributed by atoms with Gasteiger partial charge in [-0.3, -0.25) is 0 Å². The van der Waals surface area contributed by atoms with Crippen molar-refractivity contribution < 1.29 is 9.53 Å². The predicted octanol–water partition coefficient (Wildman–Crippen LogP) is 1.88. The lowest BCUT2D eigenvalue weighted by Gasteiger charge is -2.20. The highest BCUT2D eigenvalue weighted by atomic mass is 16.6. The van der Waals surface area contributed by atoms with Crippen LogP contribution in [0.15, 0.2) is 24.3 Å². The lowest BCUT2D eigenvalue weighted by molar-refractivity contribution is 0.155. The number of benzene rings is 1. The molecular formula is C14H20N2O2. The van der Waals surface area contributed by atoms with Gasteiger partial charge < -0.3 is 14.5 Å². The zero-order chi connectivity index (χ0) is 13.0. The second-order valence-corrected chi connectivity index (χ2v) is 4.77. The molecule has 0 radical (unpaired) electrons. The van der Waals surface area contributed by atoms with Gasteiger partial charge in [0.05, 0.1) is 6.54 Å². The van der Waals surface area contributed by atoms with E-state index in [1.165, 1.54) is 11.1 Å². The molecule has 4 heteroatoms. The smallest absolute Gasteiger partial charge is 0.409 e. The number of hydrogen-bond acceptors (Lipinski definition) is 3. The summed E-state index contributed by atoms with van der Waals surface area (Å²) < 4.78 is 4.90. The molecule has 1 aromatic rings. The SMILES string of the molecule is Cc1ccccc1CN(C)CCN1CCOC1=O. The van der Waals surface area contributed by atoms with Crippen LogP contribution in [0.4, 0.5) is 4.79 Å². The van der Waals surface area contributed by atoms with Crippen molar-refractivity contribution in [3.8, 4) is 0 Å². The van der Waals surface area contributed by atoms with Crippen LogP contribution in [0.5, 0.6) is 0 Å². The largest absolute Gasteiger partial charge is 0.448 e. The molecule has 0 aromatic heterocycles. The number of rotatable bonds is 5. The Morgan fingerprint density at radius 2 is 2.17 bits per heavy atom. The quantitative estimate of drug-likeness (QED) is 0.797. The average molecular weight is 248 g/mol. The van der Waals surface area contributed by atoms with Gasteiger partial charge in [0.25, 0.3) is 0 Å². The predicted molar refractivity (Wildman–Crippen MR) is 70.4 cm³/mol. The van der Waals surface area contributed by atoms with Crippen LogP contribution in [-0.4, -0.2) is 49.2 Å². The molecule has 1 aliphatic rings. The number of nitrogens with zero attached hydrogens (tertiary/aromatic N) is 2. The molecule has 4 nitrogen and oxygen atoms in total. The van der Waals surface area contributed by atoms with Crippen LogP contribution >= 0.6 is 0 Å². The highest BCUT2D eigenvalue weighted by Gasteiger charge is 2.21. The number of carbonyl (C=O) groups is 1. The molecule has 18 heavy (non-hydrogen) atoms. The van der Waals surface area contributed by atoms with Crippen molar-refractivity contribution in [1.29, 1.82) is 0 Å². The van der Waals surface area contributed by atoms with Crippen molar-refractivity contribution in [1.82, 2.24) is 9.80 Å². The minimum absolute atomic E-state index is 0.181. The van der Waals surface area contributed by atoms with Gasteiger partial charge in [0.2, 0.25) is 0 Å². The maximum atomic E-state index is 11.3. The van der Waals surface area contributed by atoms with Gasteiger partial charge in [0, 0.05) is 19.6 Å². The van der Waals surface area contributed by atoms with Crippen LogP contribution in [0.1, 0.15) is 11.1 Å². The number of likely N-dealkylation sites (N-methyl/N-ethyl adjacent to an activating group) is 1. The molecule has 0 N–H and O–H groups in total. The maximum Gasteiger partial charge on any atom is 0.409 e. The van der Waals surface area contributed by atoms with Crippen molar-refractivity contribution in [2.75, 3.05) is 33.3 Å². The van der Waals surface area contributed by atoms with Crippen LogP contribution in [0.25, 0.3) is 0 Å². The van der Waals surface area contributed by atoms with Gasteiger partial charge in [-0.25, -0.2) is 4.79 Å². The highest BCUT2D eigenvalue weighted by Crippen LogP contribution is 2.10. The van der Waals surface area contributed by atoms with Gasteiger partial charge >= 0.3 is 6.09 Å². The molecule has 0 aliphatic carbocycles. The van der Waals surface area contributed by atoms with Crippen LogP contribution in [0.3, 0.4) is 0 Å². The Labute approximate surface area is 108 Å². The van der Waals surface area contributed by atoms with Gasteiger partial charge in [-0.05, 0) is 25.1 Å². The molecule has 1 amide bonds. The molecule has 0 unspecified atom stereocenters. The molecule has 1 fully saturated rings. The van der Waals surface area contributed by atoms with E-state index in [1.54, 1.807) is 4.90 Å². The highest BCUT2D eigenvalue weighted by molar-refractivity contribution is 5.69. The fourth-order valence-electron chi connectivity index (χ4n) is 2.08. The second kappa shape index (κ2) is 5.87. The average Bonchev–Trinajstić information content (AvgIpc) is 2.75. The molecule has 2 rings (SSSR count). The molecule has 98 valence electrons. The van der Waals surface area contributed by atoms with Crippen LogP contribution in [0.2, 0.25) is 0 Å². The van der Waals surface area contributed by atoms with Gasteiger partial charge in [-0.15, -0.1) is 0 Å². The Balaban J connectivity index is 1.80. The Hall–Kier alpha value is -1.55. The zero-order valence-corrected chi connectivity index (χ0v) is 11.1. The van der Waals surface area contributed by atoms with E-state index in [1.807, 2.05) is 0 Å². The topological polar surface area (TPSA) is 32.8 Å². The summed E-state index contributed by atoms with van der Waals surface area (Å²) in [4.78, 5) is 15.3. The third-order valence-corrected chi connectivity index (χ3v) is 3.30. The summed E-state index contributed by atoms with van der Waals surface area (Å²) in [7, 11) is 2.08. The van der Waals surface area contributed by atoms with E-state index < -0.39 is 0 Å². The van der Waals surface area contributed by atoms with E-state index >= 15 is 0 Å². The Kier molecular flexibility index (Phi) is 4.20. The minimum atomic E-state index is -0.181. The maximum absolute atomic E-state index is 11.3. The van der Waals surface area contributed by atoms with Crippen LogP contribution in [-0.2, 0) is 11.3 Å². The summed E-state index contributed by atoms with van der Waals surface area (Å²) in [6.07, 6.45) is -0.181. The number of cyclic esters (lactones) is 1. The molecule has 0 saturated carbocycles. The van der Waals surface area contributed by atoms with E-state index in [4.69, 9.17) is 4.74 Å². The number of hydrogen-bond donors (Lipinski definition) is 0. The monoisotopic (exact) mass is 248 g/mol. The standard InChI is InChI=1S/C14H20N2O2/c1-12-5-3-4-6-13(12)11-15(2)7-8-16-9-10-18-14(16)17/h3-6H,7-11H2,1-2H3. The van der Waals surface area contributed by atoms with Crippen molar-refractivity contribution in [2.45, 2.75) is 13.5 Å². The number of amides is 1. The molecule has 0 bridgehead atoms. The summed E-state index contributed by atoms with van der Waals surface area (Å²) in [5.41, 5.74) is 2.65. The Morgan fingerprint density at radius 1 is 1.39 bits per heavy atom. The summed E-state index contributed by atoms with van der Waals surface area (Å²) in [5.74, 6) is 0. The first-order valence-corrected chi connectivity index (χ1v) is 6.31. The van der Waals surface area contributed by atoms with E-state index in [0.29, 0.717) is 6.61 Å². The van der Waals surface area contributed by atoms with Gasteiger partial charge in [0.15, 0.2) is 0 Å². The molecule has 0 atom stereocenters. The molecule has 0 spiro atoms. The Bertz CT molecular complexity index is 420. The van der Waals surface area contributed by atoms with E-state index in [2.05, 4.69) is 43.1 Å². The van der Waals surface area contributed by atoms with E-state index in [-0.39, 0.29) is 6.09 Å². The number of carbonyl (C=O) groups excluding carboxylic acids is 1. The van der Waals surface area contributed by atoms with Crippen LogP contribution in [0, 0.1) is 6.92 Å². The molecule has 1 aliphatic heterocycles. The zero-order valence-electron chi connectivity index (χ0n) is 11.1. The van der Waals surface area contributed by atoms with Crippen molar-refractivity contribution in [2.24, 2.45) is 0 Å². The fourth-order valence-corrected chi connectivity index (χ4v) is 2.08. The van der Waals surface area contributed by atoms with Gasteiger partial charge in [0.1, 0.15) is 6.61 Å². The summed E-state index contributed by atoms with van der Waals surface area (Å²) >= 11 is 0. The van der Waals surface area contributed by atoms with Crippen molar-refractivity contribution >= 4 is 6.09 Å². The first-order chi connectivity index (χ1) is 8.66. The summed E-state index contributed by atoms with van der Waals surface area (Å²) in [5, 5.41) is 0. The number of ether oxygens (including phenoxy) is 1. The third-order valence-electron chi connectivity index (χ3n) is 3.30. The lowest BCUT2D eigenvalue weighted by Crippen LogP contribution is -2.33. The van der Waals surface area contributed by atoms with Gasteiger partial charge in [-0.2, -0.15) is 0 Å². The van der Waals surface area contributed by atoms with Crippen molar-refractivity contribution in [3.63, 3.8) is 0 Å². The first kappa shape index (κ1) is 12.9. The Morgan fingerprint density at radius 3 is 2.83 bits per heavy atom. The second-order valence-electron chi connectivity index (χ2n) is 4.77. The number of aryl methyl sites for hydroxylation is 1. The first-order valence-electron chi connectivity index (χ1n) is 6.31. The van der Waals surface area contributed by atoms with Crippen molar-refractivity contribution in [3.05, 3.63) is 35.4 Å². The molecule has 1 heterocycles. The molecule has 1 saturated heterocycles. The summed E-state index contributed by atoms with van der Waals surface area (Å²) in [6.45, 7) is 5.89. The van der Waals surface area contributed by atoms with Crippen LogP contribution < -0.4 is 0 Å². The van der Waals surface area contributed by atoms with Gasteiger partial charge in [-0.1, -0.05) is 24.3 Å². The summed E-state index contributed by atoms with van der Waals surface area (Å²) in [6, 6.07) is 8.39. The molecule has 1 aromatic carbocycles. The fraction of sp³-hybridized carbons (Fsp3) is 0.500. The molecular weight excluding hydrogens is 228 g/mol. The van der Waals surface area contributed by atoms with E-state index in [0.717, 1.165) is 26.2 Å². The lowest BCUT2D eigenvalue weighted by atomic mass is 10.1.